The van der Waals surface area contributed by atoms with E-state index in [-0.39, 0.29) is 12.5 Å². The van der Waals surface area contributed by atoms with Crippen molar-refractivity contribution < 1.29 is 4.79 Å². The maximum Gasteiger partial charge on any atom is 0.239 e. The number of nitrogens with one attached hydrogen (secondary N) is 2. The number of unbranched alkanes of at least 4 members (excludes halogenated alkanes) is 1. The van der Waals surface area contributed by atoms with Gasteiger partial charge in [-0.3, -0.25) is 9.79 Å². The average Bonchev–Trinajstić information content (AvgIpc) is 2.34. The van der Waals surface area contributed by atoms with Gasteiger partial charge in [0, 0.05) is 27.2 Å². The Morgan fingerprint density at radius 1 is 1.24 bits per heavy atom. The number of amides is 1. The van der Waals surface area contributed by atoms with E-state index < -0.39 is 0 Å². The lowest BCUT2D eigenvalue weighted by Gasteiger charge is -2.21. The second-order valence-corrected chi connectivity index (χ2v) is 4.03. The fourth-order valence-corrected chi connectivity index (χ4v) is 1.37. The van der Waals surface area contributed by atoms with Crippen molar-refractivity contribution in [1.29, 1.82) is 0 Å². The summed E-state index contributed by atoms with van der Waals surface area (Å²) in [6, 6.07) is 0. The maximum atomic E-state index is 11.4. The number of guanidine groups is 1. The third-order valence-corrected chi connectivity index (χ3v) is 2.40. The van der Waals surface area contributed by atoms with Crippen LogP contribution in [0.3, 0.4) is 0 Å². The zero-order valence-corrected chi connectivity index (χ0v) is 11.5. The van der Waals surface area contributed by atoms with Crippen molar-refractivity contribution in [3.05, 3.63) is 0 Å². The van der Waals surface area contributed by atoms with E-state index >= 15 is 0 Å². The molecule has 0 radical (unpaired) electrons. The minimum atomic E-state index is 0.0110. The van der Waals surface area contributed by atoms with Gasteiger partial charge in [-0.25, -0.2) is 0 Å². The summed E-state index contributed by atoms with van der Waals surface area (Å²) < 4.78 is 0. The van der Waals surface area contributed by atoms with Gasteiger partial charge in [-0.1, -0.05) is 20.3 Å². The van der Waals surface area contributed by atoms with Gasteiger partial charge in [0.05, 0.1) is 6.54 Å². The van der Waals surface area contributed by atoms with Crippen LogP contribution in [0.2, 0.25) is 0 Å². The van der Waals surface area contributed by atoms with Crippen LogP contribution in [-0.2, 0) is 4.79 Å². The topological polar surface area (TPSA) is 56.7 Å². The van der Waals surface area contributed by atoms with Crippen LogP contribution in [0.25, 0.3) is 0 Å². The highest BCUT2D eigenvalue weighted by atomic mass is 16.1. The van der Waals surface area contributed by atoms with Crippen molar-refractivity contribution in [2.24, 2.45) is 4.99 Å². The molecule has 0 heterocycles. The Morgan fingerprint density at radius 2 is 1.94 bits per heavy atom. The Bertz CT molecular complexity index is 241. The summed E-state index contributed by atoms with van der Waals surface area (Å²) in [5.41, 5.74) is 0. The summed E-state index contributed by atoms with van der Waals surface area (Å²) in [5, 5.41) is 5.87. The molecule has 0 atom stereocenters. The molecular weight excluding hydrogens is 216 g/mol. The van der Waals surface area contributed by atoms with Gasteiger partial charge in [0.15, 0.2) is 5.96 Å². The zero-order valence-electron chi connectivity index (χ0n) is 11.5. The van der Waals surface area contributed by atoms with E-state index in [2.05, 4.69) is 22.5 Å². The Kier molecular flexibility index (Phi) is 9.19. The van der Waals surface area contributed by atoms with E-state index in [4.69, 9.17) is 0 Å². The van der Waals surface area contributed by atoms with Crippen LogP contribution in [-0.4, -0.2) is 50.5 Å². The number of rotatable bonds is 7. The number of carbonyl (C=O) groups excluding carboxylic acids is 1. The molecule has 0 aromatic rings. The van der Waals surface area contributed by atoms with Crippen molar-refractivity contribution >= 4 is 11.9 Å². The van der Waals surface area contributed by atoms with Gasteiger partial charge in [-0.15, -0.1) is 0 Å². The zero-order chi connectivity index (χ0) is 13.1. The van der Waals surface area contributed by atoms with Gasteiger partial charge in [-0.2, -0.15) is 0 Å². The third kappa shape index (κ3) is 7.60. The summed E-state index contributed by atoms with van der Waals surface area (Å²) >= 11 is 0. The molecule has 2 N–H and O–H groups in total. The van der Waals surface area contributed by atoms with Gasteiger partial charge in [-0.05, 0) is 12.8 Å². The number of aliphatic imine (C=N–C) groups is 1. The summed E-state index contributed by atoms with van der Waals surface area (Å²) in [6.45, 7) is 6.15. The second-order valence-electron chi connectivity index (χ2n) is 4.03. The van der Waals surface area contributed by atoms with Crippen molar-refractivity contribution in [3.8, 4) is 0 Å². The highest BCUT2D eigenvalue weighted by Gasteiger charge is 2.06. The van der Waals surface area contributed by atoms with E-state index in [9.17, 15) is 4.79 Å². The van der Waals surface area contributed by atoms with Crippen molar-refractivity contribution in [1.82, 2.24) is 15.5 Å². The molecule has 17 heavy (non-hydrogen) atoms. The van der Waals surface area contributed by atoms with E-state index in [1.807, 2.05) is 18.9 Å². The monoisotopic (exact) mass is 242 g/mol. The van der Waals surface area contributed by atoms with Gasteiger partial charge >= 0.3 is 0 Å². The van der Waals surface area contributed by atoms with Crippen LogP contribution >= 0.6 is 0 Å². The quantitative estimate of drug-likeness (QED) is 0.513. The molecule has 100 valence electrons. The highest BCUT2D eigenvalue weighted by Crippen LogP contribution is 1.92. The fourth-order valence-electron chi connectivity index (χ4n) is 1.37. The van der Waals surface area contributed by atoms with Gasteiger partial charge in [0.2, 0.25) is 5.91 Å². The van der Waals surface area contributed by atoms with Gasteiger partial charge < -0.3 is 15.5 Å². The molecule has 5 heteroatoms. The maximum absolute atomic E-state index is 11.4. The smallest absolute Gasteiger partial charge is 0.239 e. The first-order valence-corrected chi connectivity index (χ1v) is 6.34. The number of hydrogen-bond donors (Lipinski definition) is 2. The number of nitrogens with zero attached hydrogens (tertiary/aromatic N) is 2. The summed E-state index contributed by atoms with van der Waals surface area (Å²) in [5.74, 6) is 0.780. The molecule has 0 aromatic heterocycles. The molecule has 0 aliphatic carbocycles. The van der Waals surface area contributed by atoms with Gasteiger partial charge in [0.1, 0.15) is 0 Å². The summed E-state index contributed by atoms with van der Waals surface area (Å²) in [4.78, 5) is 17.6. The van der Waals surface area contributed by atoms with Crippen LogP contribution in [0.15, 0.2) is 4.99 Å². The van der Waals surface area contributed by atoms with E-state index in [0.717, 1.165) is 38.3 Å². The van der Waals surface area contributed by atoms with E-state index in [0.29, 0.717) is 0 Å². The fraction of sp³-hybridized carbons (Fsp3) is 0.833. The molecule has 0 aromatic carbocycles. The molecule has 0 unspecified atom stereocenters. The van der Waals surface area contributed by atoms with E-state index in [1.165, 1.54) is 0 Å². The minimum absolute atomic E-state index is 0.0110. The number of hydrogen-bond acceptors (Lipinski definition) is 2. The Hall–Kier alpha value is -1.26. The molecule has 0 aliphatic heterocycles. The lowest BCUT2D eigenvalue weighted by molar-refractivity contribution is -0.120. The second kappa shape index (κ2) is 9.93. The lowest BCUT2D eigenvalue weighted by Crippen LogP contribution is -2.44. The molecule has 0 spiro atoms. The molecule has 1 amide bonds. The van der Waals surface area contributed by atoms with Gasteiger partial charge in [0.25, 0.3) is 0 Å². The van der Waals surface area contributed by atoms with Crippen LogP contribution in [0, 0.1) is 0 Å². The first kappa shape index (κ1) is 15.7. The largest absolute Gasteiger partial charge is 0.355 e. The average molecular weight is 242 g/mol. The Labute approximate surface area is 105 Å². The van der Waals surface area contributed by atoms with Crippen molar-refractivity contribution in [3.63, 3.8) is 0 Å². The standard InChI is InChI=1S/C12H26N4O/c1-5-7-9-16(4)12(13-3)15-10-11(17)14-8-6-2/h5-10H2,1-4H3,(H,13,15)(H,14,17). The SMILES string of the molecule is CCCCN(C)C(=NC)NCC(=O)NCCC. The third-order valence-electron chi connectivity index (χ3n) is 2.40. The minimum Gasteiger partial charge on any atom is -0.355 e. The normalized spacial score (nSPS) is 11.2. The number of carbonyl (C=O) groups is 1. The molecule has 5 nitrogen and oxygen atoms in total. The van der Waals surface area contributed by atoms with Crippen LogP contribution in [0.5, 0.6) is 0 Å². The molecular formula is C12H26N4O. The summed E-state index contributed by atoms with van der Waals surface area (Å²) in [6.07, 6.45) is 3.23. The Morgan fingerprint density at radius 3 is 2.47 bits per heavy atom. The molecule has 0 saturated heterocycles. The van der Waals surface area contributed by atoms with Crippen LogP contribution in [0.1, 0.15) is 33.1 Å². The van der Waals surface area contributed by atoms with E-state index in [1.54, 1.807) is 7.05 Å². The molecule has 0 fully saturated rings. The highest BCUT2D eigenvalue weighted by molar-refractivity contribution is 5.86. The van der Waals surface area contributed by atoms with Crippen molar-refractivity contribution in [2.75, 3.05) is 33.7 Å². The first-order valence-electron chi connectivity index (χ1n) is 6.34. The van der Waals surface area contributed by atoms with Crippen molar-refractivity contribution in [2.45, 2.75) is 33.1 Å². The summed E-state index contributed by atoms with van der Waals surface area (Å²) in [7, 11) is 3.71. The molecule has 0 rings (SSSR count). The molecule has 0 aliphatic rings. The van der Waals surface area contributed by atoms with Crippen LogP contribution < -0.4 is 10.6 Å². The first-order chi connectivity index (χ1) is 8.15. The molecule has 0 bridgehead atoms. The predicted molar refractivity (Wildman–Crippen MR) is 72.2 cm³/mol. The Balaban J connectivity index is 3.93. The lowest BCUT2D eigenvalue weighted by atomic mass is 10.3. The van der Waals surface area contributed by atoms with Crippen LogP contribution in [0.4, 0.5) is 0 Å². The predicted octanol–water partition coefficient (Wildman–Crippen LogP) is 0.820. The molecule has 0 saturated carbocycles.